The first kappa shape index (κ1) is 14.9. The van der Waals surface area contributed by atoms with Crippen LogP contribution in [0.15, 0.2) is 0 Å². The van der Waals surface area contributed by atoms with Crippen molar-refractivity contribution < 1.29 is 9.84 Å². The van der Waals surface area contributed by atoms with Crippen LogP contribution in [-0.2, 0) is 4.74 Å². The molecule has 2 heteroatoms. The molecule has 1 atom stereocenters. The summed E-state index contributed by atoms with van der Waals surface area (Å²) < 4.78 is 5.57. The minimum absolute atomic E-state index is 0.102. The summed E-state index contributed by atoms with van der Waals surface area (Å²) >= 11 is 0. The Labute approximate surface area is 95.0 Å². The van der Waals surface area contributed by atoms with Crippen molar-refractivity contribution in [3.8, 4) is 0 Å². The van der Waals surface area contributed by atoms with E-state index < -0.39 is 0 Å². The molecule has 1 N–H and O–H groups in total. The molecule has 0 aliphatic carbocycles. The van der Waals surface area contributed by atoms with Crippen LogP contribution in [0, 0.1) is 5.41 Å². The highest BCUT2D eigenvalue weighted by Crippen LogP contribution is 2.32. The summed E-state index contributed by atoms with van der Waals surface area (Å²) in [4.78, 5) is 0. The van der Waals surface area contributed by atoms with E-state index in [1.807, 2.05) is 0 Å². The van der Waals surface area contributed by atoms with Crippen molar-refractivity contribution >= 4 is 0 Å². The van der Waals surface area contributed by atoms with E-state index in [0.717, 1.165) is 25.9 Å². The lowest BCUT2D eigenvalue weighted by Gasteiger charge is -2.31. The Hall–Kier alpha value is -0.0800. The van der Waals surface area contributed by atoms with Crippen molar-refractivity contribution in [3.05, 3.63) is 0 Å². The number of aliphatic hydroxyl groups is 1. The summed E-state index contributed by atoms with van der Waals surface area (Å²) in [6, 6.07) is 0. The summed E-state index contributed by atoms with van der Waals surface area (Å²) in [7, 11) is 0. The van der Waals surface area contributed by atoms with Gasteiger partial charge >= 0.3 is 0 Å². The lowest BCUT2D eigenvalue weighted by molar-refractivity contribution is 0.0230. The van der Waals surface area contributed by atoms with Crippen LogP contribution < -0.4 is 0 Å². The predicted molar refractivity (Wildman–Crippen MR) is 65.0 cm³/mol. The maximum atomic E-state index is 9.51. The Morgan fingerprint density at radius 1 is 1.20 bits per heavy atom. The Balaban J connectivity index is 3.99. The third-order valence-electron chi connectivity index (χ3n) is 3.23. The lowest BCUT2D eigenvalue weighted by Crippen LogP contribution is -2.27. The maximum absolute atomic E-state index is 9.51. The molecular formula is C13H28O2. The highest BCUT2D eigenvalue weighted by Gasteiger charge is 2.26. The first-order valence-electron chi connectivity index (χ1n) is 6.32. The quantitative estimate of drug-likeness (QED) is 0.640. The number of aliphatic hydroxyl groups excluding tert-OH is 1. The Morgan fingerprint density at radius 2 is 1.87 bits per heavy atom. The van der Waals surface area contributed by atoms with Crippen LogP contribution in [0.5, 0.6) is 0 Å². The fourth-order valence-corrected chi connectivity index (χ4v) is 1.81. The number of hydrogen-bond donors (Lipinski definition) is 1. The van der Waals surface area contributed by atoms with Crippen LogP contribution in [-0.4, -0.2) is 24.4 Å². The third kappa shape index (κ3) is 6.16. The molecule has 0 spiro atoms. The summed E-state index contributed by atoms with van der Waals surface area (Å²) in [6.07, 6.45) is 5.86. The second kappa shape index (κ2) is 8.12. The van der Waals surface area contributed by atoms with Gasteiger partial charge in [0.25, 0.3) is 0 Å². The molecule has 0 radical (unpaired) electrons. The smallest absolute Gasteiger partial charge is 0.0518 e. The predicted octanol–water partition coefficient (Wildman–Crippen LogP) is 3.38. The molecule has 1 unspecified atom stereocenters. The number of hydrogen-bond acceptors (Lipinski definition) is 2. The molecule has 0 aromatic heterocycles. The number of ether oxygens (including phenoxy) is 1. The molecule has 0 fully saturated rings. The van der Waals surface area contributed by atoms with E-state index in [4.69, 9.17) is 4.74 Å². The topological polar surface area (TPSA) is 29.5 Å². The Morgan fingerprint density at radius 3 is 2.27 bits per heavy atom. The highest BCUT2D eigenvalue weighted by atomic mass is 16.5. The van der Waals surface area contributed by atoms with Crippen LogP contribution in [0.1, 0.15) is 59.8 Å². The Kier molecular flexibility index (Phi) is 8.07. The van der Waals surface area contributed by atoms with Gasteiger partial charge in [0, 0.05) is 13.2 Å². The van der Waals surface area contributed by atoms with Crippen molar-refractivity contribution in [1.29, 1.82) is 0 Å². The normalized spacial score (nSPS) is 15.6. The van der Waals surface area contributed by atoms with Gasteiger partial charge < -0.3 is 9.84 Å². The molecule has 0 aromatic carbocycles. The zero-order valence-electron chi connectivity index (χ0n) is 10.9. The van der Waals surface area contributed by atoms with Crippen molar-refractivity contribution in [2.45, 2.75) is 65.9 Å². The Bertz CT molecular complexity index is 139. The standard InChI is InChI=1S/C13H28O2/c1-5-7-8-13(6-2,11-14)9-10-15-12(3)4/h12,14H,5-11H2,1-4H3. The minimum atomic E-state index is 0.102. The fraction of sp³-hybridized carbons (Fsp3) is 1.00. The van der Waals surface area contributed by atoms with E-state index in [1.165, 1.54) is 12.8 Å². The van der Waals surface area contributed by atoms with Gasteiger partial charge in [-0.3, -0.25) is 0 Å². The van der Waals surface area contributed by atoms with Gasteiger partial charge in [-0.15, -0.1) is 0 Å². The molecule has 0 aliphatic heterocycles. The van der Waals surface area contributed by atoms with Crippen LogP contribution in [0.4, 0.5) is 0 Å². The first-order valence-corrected chi connectivity index (χ1v) is 6.32. The number of unbranched alkanes of at least 4 members (excludes halogenated alkanes) is 1. The number of rotatable bonds is 9. The summed E-state index contributed by atoms with van der Waals surface area (Å²) in [5.41, 5.74) is 0.102. The summed E-state index contributed by atoms with van der Waals surface area (Å²) in [5.74, 6) is 0. The summed E-state index contributed by atoms with van der Waals surface area (Å²) in [5, 5.41) is 9.51. The zero-order valence-corrected chi connectivity index (χ0v) is 10.9. The molecule has 0 aliphatic rings. The molecule has 0 amide bonds. The van der Waals surface area contributed by atoms with Gasteiger partial charge in [0.2, 0.25) is 0 Å². The molecule has 92 valence electrons. The molecule has 0 saturated carbocycles. The molecule has 0 bridgehead atoms. The molecule has 0 aromatic rings. The molecular weight excluding hydrogens is 188 g/mol. The van der Waals surface area contributed by atoms with Gasteiger partial charge in [-0.2, -0.15) is 0 Å². The van der Waals surface area contributed by atoms with E-state index in [0.29, 0.717) is 12.7 Å². The zero-order chi connectivity index (χ0) is 11.7. The molecule has 2 nitrogen and oxygen atoms in total. The van der Waals surface area contributed by atoms with Crippen molar-refractivity contribution in [2.24, 2.45) is 5.41 Å². The van der Waals surface area contributed by atoms with Crippen LogP contribution >= 0.6 is 0 Å². The monoisotopic (exact) mass is 216 g/mol. The molecule has 0 saturated heterocycles. The van der Waals surface area contributed by atoms with Gasteiger partial charge in [0.15, 0.2) is 0 Å². The van der Waals surface area contributed by atoms with Crippen LogP contribution in [0.3, 0.4) is 0 Å². The van der Waals surface area contributed by atoms with Crippen LogP contribution in [0.25, 0.3) is 0 Å². The first-order chi connectivity index (χ1) is 7.10. The van der Waals surface area contributed by atoms with Crippen molar-refractivity contribution in [2.75, 3.05) is 13.2 Å². The SMILES string of the molecule is CCCCC(CC)(CO)CCOC(C)C. The largest absolute Gasteiger partial charge is 0.396 e. The van der Waals surface area contributed by atoms with Gasteiger partial charge in [-0.1, -0.05) is 26.7 Å². The van der Waals surface area contributed by atoms with E-state index in [9.17, 15) is 5.11 Å². The van der Waals surface area contributed by atoms with E-state index in [-0.39, 0.29) is 5.41 Å². The molecule has 0 heterocycles. The molecule has 0 rings (SSSR count). The highest BCUT2D eigenvalue weighted by molar-refractivity contribution is 4.77. The fourth-order valence-electron chi connectivity index (χ4n) is 1.81. The molecule has 15 heavy (non-hydrogen) atoms. The van der Waals surface area contributed by atoms with Gasteiger partial charge in [-0.25, -0.2) is 0 Å². The summed E-state index contributed by atoms with van der Waals surface area (Å²) in [6.45, 7) is 9.54. The van der Waals surface area contributed by atoms with E-state index >= 15 is 0 Å². The second-order valence-corrected chi connectivity index (χ2v) is 4.78. The third-order valence-corrected chi connectivity index (χ3v) is 3.23. The van der Waals surface area contributed by atoms with Gasteiger partial charge in [0.1, 0.15) is 0 Å². The lowest BCUT2D eigenvalue weighted by atomic mass is 9.78. The van der Waals surface area contributed by atoms with Crippen LogP contribution in [0.2, 0.25) is 0 Å². The average Bonchev–Trinajstić information content (AvgIpc) is 2.23. The van der Waals surface area contributed by atoms with Gasteiger partial charge in [-0.05, 0) is 38.5 Å². The minimum Gasteiger partial charge on any atom is -0.396 e. The van der Waals surface area contributed by atoms with E-state index in [1.54, 1.807) is 0 Å². The van der Waals surface area contributed by atoms with E-state index in [2.05, 4.69) is 27.7 Å². The average molecular weight is 216 g/mol. The van der Waals surface area contributed by atoms with Crippen molar-refractivity contribution in [1.82, 2.24) is 0 Å². The van der Waals surface area contributed by atoms with Crippen molar-refractivity contribution in [3.63, 3.8) is 0 Å². The second-order valence-electron chi connectivity index (χ2n) is 4.78. The van der Waals surface area contributed by atoms with Gasteiger partial charge in [0.05, 0.1) is 6.10 Å². The maximum Gasteiger partial charge on any atom is 0.0518 e.